The molecule has 28 heavy (non-hydrogen) atoms. The molecule has 0 aliphatic carbocycles. The first-order chi connectivity index (χ1) is 13.5. The summed E-state index contributed by atoms with van der Waals surface area (Å²) in [6.45, 7) is 3.77. The van der Waals surface area contributed by atoms with Crippen LogP contribution in [0.4, 0.5) is 0 Å². The van der Waals surface area contributed by atoms with Crippen LogP contribution in [0, 0.1) is 0 Å². The van der Waals surface area contributed by atoms with Crippen molar-refractivity contribution in [3.05, 3.63) is 107 Å². The average Bonchev–Trinajstić information content (AvgIpc) is 2.69. The molecule has 3 aromatic carbocycles. The van der Waals surface area contributed by atoms with Gasteiger partial charge in [-0.2, -0.15) is 0 Å². The van der Waals surface area contributed by atoms with Crippen LogP contribution in [0.3, 0.4) is 0 Å². The van der Waals surface area contributed by atoms with E-state index < -0.39 is 5.97 Å². The molecule has 0 spiro atoms. The van der Waals surface area contributed by atoms with E-state index in [9.17, 15) is 9.59 Å². The first kappa shape index (κ1) is 19.5. The molecule has 0 aromatic heterocycles. The number of benzene rings is 3. The molecule has 3 rings (SSSR count). The van der Waals surface area contributed by atoms with Crippen molar-refractivity contribution in [1.82, 2.24) is 4.90 Å². The molecule has 4 nitrogen and oxygen atoms in total. The van der Waals surface area contributed by atoms with E-state index in [0.717, 1.165) is 24.2 Å². The van der Waals surface area contributed by atoms with E-state index in [1.807, 2.05) is 54.6 Å². The maximum atomic E-state index is 11.5. The Morgan fingerprint density at radius 2 is 1.11 bits per heavy atom. The molecule has 0 unspecified atom stereocenters. The van der Waals surface area contributed by atoms with E-state index in [4.69, 9.17) is 5.11 Å². The van der Waals surface area contributed by atoms with Gasteiger partial charge in [0.25, 0.3) is 0 Å². The fourth-order valence-corrected chi connectivity index (χ4v) is 3.12. The van der Waals surface area contributed by atoms with Crippen molar-refractivity contribution in [1.29, 1.82) is 0 Å². The van der Waals surface area contributed by atoms with E-state index in [2.05, 4.69) is 17.0 Å². The second kappa shape index (κ2) is 9.11. The van der Waals surface area contributed by atoms with Crippen molar-refractivity contribution in [3.8, 4) is 0 Å². The minimum atomic E-state index is -0.918. The van der Waals surface area contributed by atoms with Gasteiger partial charge in [0, 0.05) is 25.2 Å². The lowest BCUT2D eigenvalue weighted by Gasteiger charge is -2.23. The van der Waals surface area contributed by atoms with Crippen molar-refractivity contribution in [2.75, 3.05) is 0 Å². The predicted molar refractivity (Wildman–Crippen MR) is 109 cm³/mol. The van der Waals surface area contributed by atoms with Gasteiger partial charge >= 0.3 is 5.97 Å². The topological polar surface area (TPSA) is 57.6 Å². The number of hydrogen-bond acceptors (Lipinski definition) is 3. The molecule has 0 heterocycles. The maximum absolute atomic E-state index is 11.5. The van der Waals surface area contributed by atoms with Crippen LogP contribution in [0.25, 0.3) is 0 Å². The Morgan fingerprint density at radius 1 is 0.679 bits per heavy atom. The Kier molecular flexibility index (Phi) is 6.35. The summed E-state index contributed by atoms with van der Waals surface area (Å²) < 4.78 is 0. The lowest BCUT2D eigenvalue weighted by atomic mass is 10.1. The highest BCUT2D eigenvalue weighted by molar-refractivity contribution is 5.94. The third-order valence-corrected chi connectivity index (χ3v) is 4.62. The van der Waals surface area contributed by atoms with Crippen LogP contribution in [0.15, 0.2) is 78.9 Å². The van der Waals surface area contributed by atoms with Gasteiger partial charge in [0.2, 0.25) is 0 Å². The van der Waals surface area contributed by atoms with Gasteiger partial charge in [-0.15, -0.1) is 0 Å². The number of carboxylic acids is 1. The lowest BCUT2D eigenvalue weighted by Crippen LogP contribution is -2.22. The van der Waals surface area contributed by atoms with Gasteiger partial charge in [-0.25, -0.2) is 4.79 Å². The average molecular weight is 373 g/mol. The second-order valence-electron chi connectivity index (χ2n) is 6.89. The van der Waals surface area contributed by atoms with E-state index in [0.29, 0.717) is 12.1 Å². The van der Waals surface area contributed by atoms with Crippen molar-refractivity contribution < 1.29 is 14.7 Å². The van der Waals surface area contributed by atoms with E-state index in [-0.39, 0.29) is 11.3 Å². The minimum absolute atomic E-state index is 0.0613. The highest BCUT2D eigenvalue weighted by Crippen LogP contribution is 2.16. The monoisotopic (exact) mass is 373 g/mol. The smallest absolute Gasteiger partial charge is 0.335 e. The Hall–Kier alpha value is -3.24. The Labute approximate surface area is 165 Å². The highest BCUT2D eigenvalue weighted by Gasteiger charge is 2.10. The zero-order chi connectivity index (χ0) is 19.9. The lowest BCUT2D eigenvalue weighted by molar-refractivity contribution is 0.0696. The van der Waals surface area contributed by atoms with Crippen molar-refractivity contribution in [2.45, 2.75) is 26.6 Å². The number of ketones is 1. The molecule has 0 radical (unpaired) electrons. The summed E-state index contributed by atoms with van der Waals surface area (Å²) in [7, 11) is 0. The molecule has 3 aromatic rings. The number of rotatable bonds is 8. The van der Waals surface area contributed by atoms with Crippen LogP contribution in [-0.4, -0.2) is 21.8 Å². The van der Waals surface area contributed by atoms with Crippen LogP contribution in [0.2, 0.25) is 0 Å². The number of hydrogen-bond donors (Lipinski definition) is 1. The van der Waals surface area contributed by atoms with E-state index in [1.165, 1.54) is 5.56 Å². The van der Waals surface area contributed by atoms with Gasteiger partial charge in [-0.05, 0) is 35.7 Å². The van der Waals surface area contributed by atoms with Crippen molar-refractivity contribution >= 4 is 11.8 Å². The van der Waals surface area contributed by atoms with E-state index in [1.54, 1.807) is 19.1 Å². The predicted octanol–water partition coefficient (Wildman–Crippen LogP) is 4.79. The van der Waals surface area contributed by atoms with E-state index >= 15 is 0 Å². The summed E-state index contributed by atoms with van der Waals surface area (Å²) in [4.78, 5) is 24.8. The van der Waals surface area contributed by atoms with Crippen LogP contribution in [0.1, 0.15) is 44.3 Å². The maximum Gasteiger partial charge on any atom is 0.335 e. The Morgan fingerprint density at radius 3 is 1.54 bits per heavy atom. The summed E-state index contributed by atoms with van der Waals surface area (Å²) >= 11 is 0. The third kappa shape index (κ3) is 5.38. The second-order valence-corrected chi connectivity index (χ2v) is 6.89. The van der Waals surface area contributed by atoms with Crippen LogP contribution >= 0.6 is 0 Å². The minimum Gasteiger partial charge on any atom is -0.478 e. The molecule has 1 N–H and O–H groups in total. The molecule has 0 bridgehead atoms. The number of Topliss-reactive ketones (excluding diaryl/α,β-unsaturated/α-hetero) is 1. The van der Waals surface area contributed by atoms with Crippen molar-refractivity contribution in [3.63, 3.8) is 0 Å². The van der Waals surface area contributed by atoms with Crippen LogP contribution < -0.4 is 0 Å². The highest BCUT2D eigenvalue weighted by atomic mass is 16.4. The molecule has 0 aliphatic rings. The molecule has 0 atom stereocenters. The molecular formula is C24H23NO3. The summed E-state index contributed by atoms with van der Waals surface area (Å²) in [5, 5.41) is 9.07. The van der Waals surface area contributed by atoms with Gasteiger partial charge in [0.05, 0.1) is 5.56 Å². The molecule has 0 fully saturated rings. The molecule has 142 valence electrons. The number of carboxylic acid groups (broad SMARTS) is 1. The largest absolute Gasteiger partial charge is 0.478 e. The molecule has 0 saturated carbocycles. The Bertz CT molecular complexity index is 872. The number of carbonyl (C=O) groups is 2. The zero-order valence-electron chi connectivity index (χ0n) is 15.8. The van der Waals surface area contributed by atoms with Gasteiger partial charge < -0.3 is 5.11 Å². The van der Waals surface area contributed by atoms with Gasteiger partial charge in [0.15, 0.2) is 5.78 Å². The number of aromatic carboxylic acids is 1. The number of carbonyl (C=O) groups excluding carboxylic acids is 1. The van der Waals surface area contributed by atoms with Crippen LogP contribution in [-0.2, 0) is 19.6 Å². The summed E-state index contributed by atoms with van der Waals surface area (Å²) in [5.41, 5.74) is 4.40. The molecule has 4 heteroatoms. The molecular weight excluding hydrogens is 350 g/mol. The fraction of sp³-hybridized carbons (Fsp3) is 0.167. The van der Waals surface area contributed by atoms with Crippen molar-refractivity contribution in [2.24, 2.45) is 0 Å². The summed E-state index contributed by atoms with van der Waals surface area (Å²) in [5.74, 6) is -0.857. The van der Waals surface area contributed by atoms with Gasteiger partial charge in [0.1, 0.15) is 0 Å². The zero-order valence-corrected chi connectivity index (χ0v) is 15.8. The quantitative estimate of drug-likeness (QED) is 0.577. The summed E-state index contributed by atoms with van der Waals surface area (Å²) in [6.07, 6.45) is 0. The number of nitrogens with zero attached hydrogens (tertiary/aromatic N) is 1. The standard InChI is InChI=1S/C24H23NO3/c1-18(26)22-11-7-20(8-12-22)16-25(15-19-5-3-2-4-6-19)17-21-9-13-23(14-10-21)24(27)28/h2-14H,15-17H2,1H3,(H,27,28). The fourth-order valence-electron chi connectivity index (χ4n) is 3.12. The third-order valence-electron chi connectivity index (χ3n) is 4.62. The Balaban J connectivity index is 1.77. The molecule has 0 aliphatic heterocycles. The van der Waals surface area contributed by atoms with Gasteiger partial charge in [-0.1, -0.05) is 66.7 Å². The first-order valence-corrected chi connectivity index (χ1v) is 9.19. The first-order valence-electron chi connectivity index (χ1n) is 9.19. The molecule has 0 saturated heterocycles. The SMILES string of the molecule is CC(=O)c1ccc(CN(Cc2ccccc2)Cc2ccc(C(=O)O)cc2)cc1. The van der Waals surface area contributed by atoms with Crippen LogP contribution in [0.5, 0.6) is 0 Å². The van der Waals surface area contributed by atoms with Gasteiger partial charge in [-0.3, -0.25) is 9.69 Å². The normalized spacial score (nSPS) is 10.8. The summed E-state index contributed by atoms with van der Waals surface area (Å²) in [6, 6.07) is 24.9. The molecule has 0 amide bonds.